The smallest absolute Gasteiger partial charge is 0.421 e. The van der Waals surface area contributed by atoms with Gasteiger partial charge in [-0.2, -0.15) is 13.2 Å². The van der Waals surface area contributed by atoms with Gasteiger partial charge in [-0.25, -0.2) is 9.97 Å². The Labute approximate surface area is 225 Å². The molecule has 0 radical (unpaired) electrons. The molecule has 0 saturated carbocycles. The Bertz CT molecular complexity index is 1760. The zero-order valence-corrected chi connectivity index (χ0v) is 21.6. The number of aryl methyl sites for hydroxylation is 1. The van der Waals surface area contributed by atoms with Crippen molar-refractivity contribution in [2.75, 3.05) is 5.73 Å². The zero-order chi connectivity index (χ0) is 27.9. The lowest BCUT2D eigenvalue weighted by molar-refractivity contribution is -0.138. The molecule has 0 aliphatic carbocycles. The van der Waals surface area contributed by atoms with Crippen LogP contribution in [0.3, 0.4) is 0 Å². The summed E-state index contributed by atoms with van der Waals surface area (Å²) in [6, 6.07) is 10.9. The highest BCUT2D eigenvalue weighted by Gasteiger charge is 2.34. The molecule has 0 atom stereocenters. The van der Waals surface area contributed by atoms with Gasteiger partial charge in [0.1, 0.15) is 35.1 Å². The van der Waals surface area contributed by atoms with Crippen LogP contribution < -0.4 is 16.0 Å². The maximum absolute atomic E-state index is 13.2. The third-order valence-corrected chi connectivity index (χ3v) is 6.66. The Kier molecular flexibility index (Phi) is 6.77. The molecule has 4 heterocycles. The maximum Gasteiger partial charge on any atom is 0.421 e. The number of pyridine rings is 3. The zero-order valence-electron chi connectivity index (χ0n) is 20.8. The lowest BCUT2D eigenvalue weighted by atomic mass is 10.1. The second-order valence-corrected chi connectivity index (χ2v) is 9.30. The highest BCUT2D eigenvalue weighted by molar-refractivity contribution is 6.31. The van der Waals surface area contributed by atoms with Crippen LogP contribution in [0.25, 0.3) is 22.3 Å². The van der Waals surface area contributed by atoms with Crippen molar-refractivity contribution >= 4 is 28.3 Å². The van der Waals surface area contributed by atoms with Gasteiger partial charge in [-0.15, -0.1) is 0 Å². The number of nitrogens with zero attached hydrogens (tertiary/aromatic N) is 5. The third-order valence-electron chi connectivity index (χ3n) is 6.30. The second-order valence-electron chi connectivity index (χ2n) is 8.89. The molecule has 0 unspecified atom stereocenters. The lowest BCUT2D eigenvalue weighted by Crippen LogP contribution is -2.28. The van der Waals surface area contributed by atoms with Crippen LogP contribution in [-0.2, 0) is 26.4 Å². The molecule has 0 aliphatic heterocycles. The number of anilines is 1. The Morgan fingerprint density at radius 1 is 1.13 bits per heavy atom. The van der Waals surface area contributed by atoms with Crippen molar-refractivity contribution in [1.82, 2.24) is 24.1 Å². The number of para-hydroxylation sites is 1. The number of alkyl halides is 3. The predicted octanol–water partition coefficient (Wildman–Crippen LogP) is 5.38. The van der Waals surface area contributed by atoms with Crippen molar-refractivity contribution in [3.05, 3.63) is 98.9 Å². The largest absolute Gasteiger partial charge is 0.486 e. The molecule has 5 aromatic rings. The fourth-order valence-electron chi connectivity index (χ4n) is 4.31. The average molecular weight is 555 g/mol. The van der Waals surface area contributed by atoms with Crippen LogP contribution in [0.1, 0.15) is 22.5 Å². The highest BCUT2D eigenvalue weighted by Crippen LogP contribution is 2.34. The van der Waals surface area contributed by atoms with E-state index in [0.717, 1.165) is 27.3 Å². The van der Waals surface area contributed by atoms with E-state index < -0.39 is 17.3 Å². The third kappa shape index (κ3) is 5.05. The van der Waals surface area contributed by atoms with Crippen molar-refractivity contribution in [2.24, 2.45) is 7.05 Å². The number of ether oxygens (including phenoxy) is 1. The van der Waals surface area contributed by atoms with E-state index in [1.807, 2.05) is 32.2 Å². The summed E-state index contributed by atoms with van der Waals surface area (Å²) < 4.78 is 48.6. The van der Waals surface area contributed by atoms with Gasteiger partial charge in [0.25, 0.3) is 5.56 Å². The number of aromatic nitrogens is 5. The Morgan fingerprint density at radius 2 is 1.92 bits per heavy atom. The number of hydrogen-bond acceptors (Lipinski definition) is 6. The normalized spacial score (nSPS) is 11.7. The van der Waals surface area contributed by atoms with E-state index in [2.05, 4.69) is 15.0 Å². The van der Waals surface area contributed by atoms with Crippen molar-refractivity contribution in [3.63, 3.8) is 0 Å². The van der Waals surface area contributed by atoms with Crippen LogP contribution in [0.5, 0.6) is 5.75 Å². The van der Waals surface area contributed by atoms with E-state index >= 15 is 0 Å². The molecule has 0 fully saturated rings. The monoisotopic (exact) mass is 554 g/mol. The molecule has 5 rings (SSSR count). The summed E-state index contributed by atoms with van der Waals surface area (Å²) in [7, 11) is 1.82. The van der Waals surface area contributed by atoms with Crippen molar-refractivity contribution in [1.29, 1.82) is 0 Å². The Hall–Kier alpha value is -4.38. The molecular formula is C27H22ClF3N6O2. The molecule has 0 aliphatic rings. The van der Waals surface area contributed by atoms with Crippen LogP contribution in [0.2, 0.25) is 5.02 Å². The molecule has 1 aromatic carbocycles. The molecule has 0 bridgehead atoms. The van der Waals surface area contributed by atoms with Gasteiger partial charge < -0.3 is 19.6 Å². The fraction of sp³-hybridized carbons (Fsp3) is 0.185. The van der Waals surface area contributed by atoms with E-state index in [-0.39, 0.29) is 13.2 Å². The van der Waals surface area contributed by atoms with Gasteiger partial charge >= 0.3 is 6.18 Å². The number of nitrogens with two attached hydrogens (primary N) is 1. The van der Waals surface area contributed by atoms with Crippen molar-refractivity contribution in [2.45, 2.75) is 26.3 Å². The van der Waals surface area contributed by atoms with Crippen molar-refractivity contribution in [3.8, 4) is 17.1 Å². The quantitative estimate of drug-likeness (QED) is 0.302. The first-order chi connectivity index (χ1) is 18.5. The number of fused-ring (bicyclic) bond motifs is 1. The summed E-state index contributed by atoms with van der Waals surface area (Å²) in [4.78, 5) is 25.9. The molecule has 12 heteroatoms. The number of nitrogen functional groups attached to an aromatic ring is 1. The summed E-state index contributed by atoms with van der Waals surface area (Å²) >= 11 is 6.45. The minimum Gasteiger partial charge on any atom is -0.486 e. The first-order valence-corrected chi connectivity index (χ1v) is 12.1. The number of benzene rings is 1. The van der Waals surface area contributed by atoms with Gasteiger partial charge in [0, 0.05) is 41.6 Å². The minimum absolute atomic E-state index is 0.0604. The van der Waals surface area contributed by atoms with Gasteiger partial charge in [-0.1, -0.05) is 23.7 Å². The van der Waals surface area contributed by atoms with Crippen LogP contribution in [0.15, 0.2) is 65.8 Å². The van der Waals surface area contributed by atoms with E-state index in [1.54, 1.807) is 22.9 Å². The van der Waals surface area contributed by atoms with Crippen molar-refractivity contribution < 1.29 is 17.9 Å². The molecule has 0 saturated heterocycles. The Balaban J connectivity index is 1.50. The summed E-state index contributed by atoms with van der Waals surface area (Å²) in [5.41, 5.74) is 6.45. The van der Waals surface area contributed by atoms with E-state index in [9.17, 15) is 18.0 Å². The number of halogens is 4. The maximum atomic E-state index is 13.2. The average Bonchev–Trinajstić information content (AvgIpc) is 3.21. The summed E-state index contributed by atoms with van der Waals surface area (Å²) in [6.07, 6.45) is -0.493. The molecule has 39 heavy (non-hydrogen) atoms. The first kappa shape index (κ1) is 26.2. The predicted molar refractivity (Wildman–Crippen MR) is 141 cm³/mol. The van der Waals surface area contributed by atoms with Gasteiger partial charge in [-0.05, 0) is 37.3 Å². The number of hydrogen-bond donors (Lipinski definition) is 1. The van der Waals surface area contributed by atoms with Crippen LogP contribution in [0.4, 0.5) is 19.0 Å². The summed E-state index contributed by atoms with van der Waals surface area (Å²) in [5, 5.41) is 1.09. The molecule has 2 N–H and O–H groups in total. The first-order valence-electron chi connectivity index (χ1n) is 11.7. The molecule has 200 valence electrons. The van der Waals surface area contributed by atoms with Crippen LogP contribution in [0, 0.1) is 6.92 Å². The second kappa shape index (κ2) is 10.1. The molecular weight excluding hydrogens is 533 g/mol. The van der Waals surface area contributed by atoms with E-state index in [1.165, 1.54) is 18.5 Å². The van der Waals surface area contributed by atoms with E-state index in [4.69, 9.17) is 22.1 Å². The number of imidazole rings is 1. The molecule has 4 aromatic heterocycles. The molecule has 8 nitrogen and oxygen atoms in total. The Morgan fingerprint density at radius 3 is 2.64 bits per heavy atom. The number of rotatable bonds is 6. The minimum atomic E-state index is -4.77. The van der Waals surface area contributed by atoms with Gasteiger partial charge in [-0.3, -0.25) is 9.78 Å². The van der Waals surface area contributed by atoms with Crippen LogP contribution >= 0.6 is 11.6 Å². The lowest BCUT2D eigenvalue weighted by Gasteiger charge is -2.16. The summed E-state index contributed by atoms with van der Waals surface area (Å²) in [6.45, 7) is 1.57. The van der Waals surface area contributed by atoms with Gasteiger partial charge in [0.15, 0.2) is 0 Å². The van der Waals surface area contributed by atoms with Gasteiger partial charge in [0.2, 0.25) is 0 Å². The fourth-order valence-corrected chi connectivity index (χ4v) is 4.53. The molecule has 0 spiro atoms. The molecule has 0 amide bonds. The topological polar surface area (TPSA) is 101 Å². The standard InChI is InChI=1S/C27H22ClF3N6O2/c1-15-11-17(25-34-12-23(32)36(25)2)16-5-3-7-22(24(16)35-15)39-14-18-20(28)8-9-33-21(18)13-37-10-4-6-19(26(37)38)27(29,30)31/h3-12H,13-14,32H2,1-2H3. The summed E-state index contributed by atoms with van der Waals surface area (Å²) in [5.74, 6) is 1.64. The van der Waals surface area contributed by atoms with Crippen LogP contribution in [-0.4, -0.2) is 24.1 Å². The van der Waals surface area contributed by atoms with Gasteiger partial charge in [0.05, 0.1) is 23.5 Å². The highest BCUT2D eigenvalue weighted by atomic mass is 35.5. The van der Waals surface area contributed by atoms with E-state index in [0.29, 0.717) is 39.2 Å². The SMILES string of the molecule is Cc1cc(-c2ncc(N)n2C)c2cccc(OCc3c(Cl)ccnc3Cn3cccc(C(F)(F)F)c3=O)c2n1.